The van der Waals surface area contributed by atoms with Crippen LogP contribution in [0.3, 0.4) is 0 Å². The van der Waals surface area contributed by atoms with Crippen molar-refractivity contribution in [3.05, 3.63) is 35.4 Å². The van der Waals surface area contributed by atoms with Crippen molar-refractivity contribution in [2.24, 2.45) is 5.16 Å². The highest BCUT2D eigenvalue weighted by Gasteiger charge is 1.93. The molecule has 0 heterocycles. The molecule has 0 saturated heterocycles. The Morgan fingerprint density at radius 1 is 1.27 bits per heavy atom. The summed E-state index contributed by atoms with van der Waals surface area (Å²) in [6, 6.07) is 7.21. The number of nitrogens with one attached hydrogen (secondary N) is 1. The molecule has 1 rings (SSSR count). The number of nitrogens with zero attached hydrogens (tertiary/aromatic N) is 1. The molecule has 0 radical (unpaired) electrons. The van der Waals surface area contributed by atoms with E-state index in [1.54, 1.807) is 12.1 Å². The maximum absolute atomic E-state index is 8.23. The van der Waals surface area contributed by atoms with E-state index in [4.69, 9.17) is 10.6 Å². The Hall–Kier alpha value is -1.64. The van der Waals surface area contributed by atoms with Crippen molar-refractivity contribution in [3.63, 3.8) is 0 Å². The van der Waals surface area contributed by atoms with E-state index in [2.05, 4.69) is 5.16 Å². The van der Waals surface area contributed by atoms with Gasteiger partial charge in [-0.2, -0.15) is 0 Å². The lowest BCUT2D eigenvalue weighted by Gasteiger charge is -1.95. The Kier molecular flexibility index (Phi) is 2.38. The normalized spacial score (nSPS) is 10.2. The van der Waals surface area contributed by atoms with Gasteiger partial charge in [-0.15, -0.1) is 0 Å². The van der Waals surface area contributed by atoms with Crippen molar-refractivity contribution < 1.29 is 5.21 Å². The molecule has 0 unspecified atom stereocenters. The first kappa shape index (κ1) is 7.47. The fourth-order valence-electron chi connectivity index (χ4n) is 0.822. The molecule has 0 saturated carbocycles. The van der Waals surface area contributed by atoms with Gasteiger partial charge in [0.2, 0.25) is 0 Å². The zero-order chi connectivity index (χ0) is 8.10. The van der Waals surface area contributed by atoms with Gasteiger partial charge in [-0.1, -0.05) is 29.4 Å². The van der Waals surface area contributed by atoms with Crippen LogP contribution < -0.4 is 0 Å². The highest BCUT2D eigenvalue weighted by Crippen LogP contribution is 2.02. The third-order valence-electron chi connectivity index (χ3n) is 1.35. The number of hydrogen-bond acceptors (Lipinski definition) is 3. The zero-order valence-corrected chi connectivity index (χ0v) is 5.86. The van der Waals surface area contributed by atoms with Crippen molar-refractivity contribution in [1.82, 2.24) is 0 Å². The molecule has 0 aliphatic carbocycles. The third kappa shape index (κ3) is 1.64. The van der Waals surface area contributed by atoms with E-state index < -0.39 is 0 Å². The lowest BCUT2D eigenvalue weighted by Crippen LogP contribution is -1.89. The molecular weight excluding hydrogens is 140 g/mol. The summed E-state index contributed by atoms with van der Waals surface area (Å²) < 4.78 is 0. The predicted molar refractivity (Wildman–Crippen MR) is 43.7 cm³/mol. The van der Waals surface area contributed by atoms with Crippen molar-refractivity contribution in [2.45, 2.75) is 0 Å². The van der Waals surface area contributed by atoms with Crippen LogP contribution in [0.15, 0.2) is 29.4 Å². The zero-order valence-electron chi connectivity index (χ0n) is 5.86. The summed E-state index contributed by atoms with van der Waals surface area (Å²) in [4.78, 5) is 0. The summed E-state index contributed by atoms with van der Waals surface area (Å²) in [6.07, 6.45) is 2.53. The standard InChI is InChI=1S/C8H8N2O/c9-5-7-3-1-2-4-8(7)6-10-11/h1-6,9,11H. The highest BCUT2D eigenvalue weighted by atomic mass is 16.4. The van der Waals surface area contributed by atoms with E-state index >= 15 is 0 Å². The molecule has 2 N–H and O–H groups in total. The van der Waals surface area contributed by atoms with Gasteiger partial charge in [0.15, 0.2) is 0 Å². The first-order valence-corrected chi connectivity index (χ1v) is 3.15. The van der Waals surface area contributed by atoms with Gasteiger partial charge in [-0.3, -0.25) is 0 Å². The second-order valence-corrected chi connectivity index (χ2v) is 2.02. The Bertz CT molecular complexity index is 281. The Balaban J connectivity index is 3.11. The third-order valence-corrected chi connectivity index (χ3v) is 1.35. The topological polar surface area (TPSA) is 56.4 Å². The highest BCUT2D eigenvalue weighted by molar-refractivity contribution is 5.92. The summed E-state index contributed by atoms with van der Waals surface area (Å²) in [5.74, 6) is 0. The van der Waals surface area contributed by atoms with Gasteiger partial charge >= 0.3 is 0 Å². The fourth-order valence-corrected chi connectivity index (χ4v) is 0.822. The van der Waals surface area contributed by atoms with Crippen LogP contribution in [-0.2, 0) is 0 Å². The lowest BCUT2D eigenvalue weighted by atomic mass is 10.1. The second kappa shape index (κ2) is 3.51. The molecule has 0 aliphatic heterocycles. The van der Waals surface area contributed by atoms with Gasteiger partial charge in [0.1, 0.15) is 0 Å². The van der Waals surface area contributed by atoms with E-state index in [9.17, 15) is 0 Å². The summed E-state index contributed by atoms with van der Waals surface area (Å²) in [6.45, 7) is 0. The van der Waals surface area contributed by atoms with E-state index in [1.165, 1.54) is 12.4 Å². The molecule has 56 valence electrons. The molecule has 0 bridgehead atoms. The van der Waals surface area contributed by atoms with Crippen LogP contribution >= 0.6 is 0 Å². The molecule has 0 amide bonds. The molecule has 0 spiro atoms. The van der Waals surface area contributed by atoms with Crippen molar-refractivity contribution in [1.29, 1.82) is 5.41 Å². The molecule has 1 aromatic rings. The smallest absolute Gasteiger partial charge is 0.0740 e. The minimum absolute atomic E-state index is 0.741. The number of hydrogen-bond donors (Lipinski definition) is 2. The van der Waals surface area contributed by atoms with Crippen LogP contribution in [0.1, 0.15) is 11.1 Å². The van der Waals surface area contributed by atoms with Gasteiger partial charge in [0.25, 0.3) is 0 Å². The van der Waals surface area contributed by atoms with Gasteiger partial charge < -0.3 is 10.6 Å². The Labute approximate surface area is 64.5 Å². The first-order chi connectivity index (χ1) is 5.38. The van der Waals surface area contributed by atoms with Gasteiger partial charge in [0.05, 0.1) is 6.21 Å². The average molecular weight is 148 g/mol. The molecule has 0 aromatic heterocycles. The van der Waals surface area contributed by atoms with Crippen molar-refractivity contribution in [3.8, 4) is 0 Å². The first-order valence-electron chi connectivity index (χ1n) is 3.15. The van der Waals surface area contributed by atoms with Crippen molar-refractivity contribution in [2.75, 3.05) is 0 Å². The van der Waals surface area contributed by atoms with Crippen LogP contribution in [0.4, 0.5) is 0 Å². The average Bonchev–Trinajstić information content (AvgIpc) is 2.06. The van der Waals surface area contributed by atoms with Crippen LogP contribution in [0.25, 0.3) is 0 Å². The molecule has 11 heavy (non-hydrogen) atoms. The van der Waals surface area contributed by atoms with Crippen LogP contribution in [0.5, 0.6) is 0 Å². The summed E-state index contributed by atoms with van der Waals surface area (Å²) in [5, 5.41) is 18.1. The molecule has 0 fully saturated rings. The number of oxime groups is 1. The SMILES string of the molecule is N=Cc1ccccc1C=NO. The fraction of sp³-hybridized carbons (Fsp3) is 0. The maximum Gasteiger partial charge on any atom is 0.0740 e. The molecule has 3 nitrogen and oxygen atoms in total. The molecule has 0 aliphatic rings. The molecule has 3 heteroatoms. The summed E-state index contributed by atoms with van der Waals surface area (Å²) >= 11 is 0. The Morgan fingerprint density at radius 3 is 2.45 bits per heavy atom. The molecular formula is C8H8N2O. The molecule has 0 atom stereocenters. The van der Waals surface area contributed by atoms with Crippen LogP contribution in [0.2, 0.25) is 0 Å². The minimum Gasteiger partial charge on any atom is -0.411 e. The molecule has 1 aromatic carbocycles. The maximum atomic E-state index is 8.23. The van der Waals surface area contributed by atoms with E-state index in [-0.39, 0.29) is 0 Å². The summed E-state index contributed by atoms with van der Waals surface area (Å²) in [7, 11) is 0. The van der Waals surface area contributed by atoms with Crippen LogP contribution in [0, 0.1) is 5.41 Å². The predicted octanol–water partition coefficient (Wildman–Crippen LogP) is 1.49. The van der Waals surface area contributed by atoms with E-state index in [0.29, 0.717) is 0 Å². The van der Waals surface area contributed by atoms with Gasteiger partial charge in [-0.25, -0.2) is 0 Å². The quantitative estimate of drug-likeness (QED) is 0.372. The van der Waals surface area contributed by atoms with Gasteiger partial charge in [-0.05, 0) is 0 Å². The summed E-state index contributed by atoms with van der Waals surface area (Å²) in [5.41, 5.74) is 1.48. The minimum atomic E-state index is 0.741. The lowest BCUT2D eigenvalue weighted by molar-refractivity contribution is 0.322. The van der Waals surface area contributed by atoms with E-state index in [0.717, 1.165) is 11.1 Å². The largest absolute Gasteiger partial charge is 0.411 e. The van der Waals surface area contributed by atoms with Gasteiger partial charge in [0, 0.05) is 17.3 Å². The van der Waals surface area contributed by atoms with Crippen LogP contribution in [-0.4, -0.2) is 17.6 Å². The number of benzene rings is 1. The monoisotopic (exact) mass is 148 g/mol. The number of rotatable bonds is 2. The van der Waals surface area contributed by atoms with E-state index in [1.807, 2.05) is 12.1 Å². The van der Waals surface area contributed by atoms with Crippen molar-refractivity contribution >= 4 is 12.4 Å². The second-order valence-electron chi connectivity index (χ2n) is 2.02. The Morgan fingerprint density at radius 2 is 1.91 bits per heavy atom.